The van der Waals surface area contributed by atoms with Crippen LogP contribution < -0.4 is 0 Å². The molecule has 1 N–H and O–H groups in total. The summed E-state index contributed by atoms with van der Waals surface area (Å²) in [5, 5.41) is 9.81. The summed E-state index contributed by atoms with van der Waals surface area (Å²) in [6.45, 7) is 4.19. The van der Waals surface area contributed by atoms with Crippen LogP contribution in [-0.2, 0) is 0 Å². The van der Waals surface area contributed by atoms with Gasteiger partial charge in [-0.05, 0) is 80.6 Å². The van der Waals surface area contributed by atoms with Gasteiger partial charge in [0.05, 0.1) is 5.69 Å². The van der Waals surface area contributed by atoms with Gasteiger partial charge in [0.2, 0.25) is 0 Å². The second-order valence-electron chi connectivity index (χ2n) is 6.38. The first-order valence-corrected chi connectivity index (χ1v) is 8.09. The molecule has 1 aromatic carbocycles. The number of aromatic hydroxyl groups is 1. The third kappa shape index (κ3) is 2.52. The van der Waals surface area contributed by atoms with Crippen LogP contribution in [0.1, 0.15) is 35.7 Å². The lowest BCUT2D eigenvalue weighted by Gasteiger charge is -2.13. The number of rotatable bonds is 3. The maximum absolute atomic E-state index is 9.81. The van der Waals surface area contributed by atoms with Crippen molar-refractivity contribution in [2.75, 3.05) is 0 Å². The van der Waals surface area contributed by atoms with E-state index in [1.807, 2.05) is 18.2 Å². The van der Waals surface area contributed by atoms with Crippen LogP contribution in [0.15, 0.2) is 48.5 Å². The lowest BCUT2D eigenvalue weighted by atomic mass is 10.00. The van der Waals surface area contributed by atoms with Crippen molar-refractivity contribution in [3.63, 3.8) is 0 Å². The number of phenols is 1. The predicted octanol–water partition coefficient (Wildman–Crippen LogP) is 4.74. The van der Waals surface area contributed by atoms with Gasteiger partial charge in [-0.2, -0.15) is 0 Å². The number of aryl methyl sites for hydroxylation is 2. The molecule has 3 nitrogen and oxygen atoms in total. The molecule has 2 heterocycles. The fourth-order valence-corrected chi connectivity index (χ4v) is 3.24. The van der Waals surface area contributed by atoms with Crippen molar-refractivity contribution in [3.05, 3.63) is 65.5 Å². The van der Waals surface area contributed by atoms with E-state index in [1.54, 1.807) is 6.07 Å². The minimum Gasteiger partial charge on any atom is -0.508 e. The lowest BCUT2D eigenvalue weighted by molar-refractivity contribution is 0.474. The fraction of sp³-hybridized carbons (Fsp3) is 0.250. The summed E-state index contributed by atoms with van der Waals surface area (Å²) in [6.07, 6.45) is 2.40. The molecule has 0 bridgehead atoms. The van der Waals surface area contributed by atoms with Crippen molar-refractivity contribution >= 4 is 0 Å². The Morgan fingerprint density at radius 2 is 1.74 bits per heavy atom. The molecule has 2 aromatic heterocycles. The zero-order valence-electron chi connectivity index (χ0n) is 13.5. The Labute approximate surface area is 136 Å². The average molecular weight is 304 g/mol. The topological polar surface area (TPSA) is 38.0 Å². The van der Waals surface area contributed by atoms with Gasteiger partial charge in [-0.25, -0.2) is 4.98 Å². The van der Waals surface area contributed by atoms with Crippen molar-refractivity contribution in [2.45, 2.75) is 32.6 Å². The Bertz CT molecular complexity index is 856. The van der Waals surface area contributed by atoms with Gasteiger partial charge in [-0.15, -0.1) is 0 Å². The van der Waals surface area contributed by atoms with Crippen LogP contribution in [0.3, 0.4) is 0 Å². The number of pyridine rings is 1. The van der Waals surface area contributed by atoms with E-state index in [0.717, 1.165) is 17.1 Å². The Morgan fingerprint density at radius 1 is 1.00 bits per heavy atom. The van der Waals surface area contributed by atoms with E-state index in [0.29, 0.717) is 11.7 Å². The Morgan fingerprint density at radius 3 is 2.43 bits per heavy atom. The van der Waals surface area contributed by atoms with Crippen LogP contribution in [0.25, 0.3) is 17.1 Å². The molecule has 1 aliphatic rings. The number of aromatic nitrogens is 2. The van der Waals surface area contributed by atoms with E-state index in [-0.39, 0.29) is 0 Å². The molecule has 0 aliphatic heterocycles. The molecule has 0 amide bonds. The van der Waals surface area contributed by atoms with Gasteiger partial charge in [0.1, 0.15) is 11.6 Å². The van der Waals surface area contributed by atoms with Crippen LogP contribution in [0.5, 0.6) is 5.75 Å². The third-order valence-electron chi connectivity index (χ3n) is 4.56. The summed E-state index contributed by atoms with van der Waals surface area (Å²) in [7, 11) is 0. The largest absolute Gasteiger partial charge is 0.508 e. The first-order valence-electron chi connectivity index (χ1n) is 8.09. The van der Waals surface area contributed by atoms with Crippen molar-refractivity contribution in [3.8, 4) is 22.8 Å². The highest BCUT2D eigenvalue weighted by Crippen LogP contribution is 2.45. The minimum atomic E-state index is 0.337. The summed E-state index contributed by atoms with van der Waals surface area (Å²) in [4.78, 5) is 4.89. The molecule has 0 saturated heterocycles. The maximum Gasteiger partial charge on any atom is 0.137 e. The van der Waals surface area contributed by atoms with Gasteiger partial charge in [0.25, 0.3) is 0 Å². The van der Waals surface area contributed by atoms with Gasteiger partial charge in [0.15, 0.2) is 0 Å². The Hall–Kier alpha value is -2.55. The molecule has 0 radical (unpaired) electrons. The molecule has 0 atom stereocenters. The van der Waals surface area contributed by atoms with Gasteiger partial charge >= 0.3 is 0 Å². The Kier molecular flexibility index (Phi) is 3.22. The van der Waals surface area contributed by atoms with E-state index in [4.69, 9.17) is 4.98 Å². The zero-order chi connectivity index (χ0) is 16.0. The molecule has 3 heteroatoms. The smallest absolute Gasteiger partial charge is 0.137 e. The van der Waals surface area contributed by atoms with Crippen molar-refractivity contribution in [1.29, 1.82) is 0 Å². The van der Waals surface area contributed by atoms with Crippen LogP contribution in [-0.4, -0.2) is 14.7 Å². The molecule has 116 valence electrons. The summed E-state index contributed by atoms with van der Waals surface area (Å²) in [6, 6.07) is 16.0. The third-order valence-corrected chi connectivity index (χ3v) is 4.56. The normalized spacial score (nSPS) is 14.2. The molecule has 1 fully saturated rings. The van der Waals surface area contributed by atoms with Crippen molar-refractivity contribution in [2.24, 2.45) is 0 Å². The molecule has 4 rings (SSSR count). The van der Waals surface area contributed by atoms with E-state index >= 15 is 0 Å². The molecule has 1 aliphatic carbocycles. The van der Waals surface area contributed by atoms with Crippen LogP contribution in [0.2, 0.25) is 0 Å². The number of benzene rings is 1. The molecule has 3 aromatic rings. The second kappa shape index (κ2) is 5.27. The molecule has 23 heavy (non-hydrogen) atoms. The van der Waals surface area contributed by atoms with Gasteiger partial charge in [-0.1, -0.05) is 6.07 Å². The SMILES string of the molecule is Cc1ccc(C)n1-c1cccc(-c2ccc(O)cc2C2CC2)n1. The van der Waals surface area contributed by atoms with E-state index < -0.39 is 0 Å². The quantitative estimate of drug-likeness (QED) is 0.759. The van der Waals surface area contributed by atoms with Crippen LogP contribution in [0, 0.1) is 13.8 Å². The lowest BCUT2D eigenvalue weighted by Crippen LogP contribution is -2.02. The summed E-state index contributed by atoms with van der Waals surface area (Å²) in [5.74, 6) is 1.85. The van der Waals surface area contributed by atoms with E-state index in [1.165, 1.54) is 29.8 Å². The first-order chi connectivity index (χ1) is 11.1. The van der Waals surface area contributed by atoms with Crippen molar-refractivity contribution in [1.82, 2.24) is 9.55 Å². The van der Waals surface area contributed by atoms with E-state index in [2.05, 4.69) is 42.7 Å². The fourth-order valence-electron chi connectivity index (χ4n) is 3.24. The molecule has 0 unspecified atom stereocenters. The number of phenolic OH excluding ortho intramolecular Hbond substituents is 1. The van der Waals surface area contributed by atoms with E-state index in [9.17, 15) is 5.11 Å². The number of hydrogen-bond donors (Lipinski definition) is 1. The summed E-state index contributed by atoms with van der Waals surface area (Å²) < 4.78 is 2.17. The monoisotopic (exact) mass is 304 g/mol. The van der Waals surface area contributed by atoms with Crippen molar-refractivity contribution < 1.29 is 5.11 Å². The van der Waals surface area contributed by atoms with Crippen LogP contribution in [0.4, 0.5) is 0 Å². The molecular weight excluding hydrogens is 284 g/mol. The van der Waals surface area contributed by atoms with Gasteiger partial charge < -0.3 is 9.67 Å². The maximum atomic E-state index is 9.81. The highest BCUT2D eigenvalue weighted by molar-refractivity contribution is 5.67. The first kappa shape index (κ1) is 14.1. The summed E-state index contributed by atoms with van der Waals surface area (Å²) >= 11 is 0. The second-order valence-corrected chi connectivity index (χ2v) is 6.38. The molecular formula is C20H20N2O. The number of nitrogens with zero attached hydrogens (tertiary/aromatic N) is 2. The minimum absolute atomic E-state index is 0.337. The standard InChI is InChI=1S/C20H20N2O/c1-13-6-7-14(2)22(13)20-5-3-4-19(21-20)17-11-10-16(23)12-18(17)15-8-9-15/h3-7,10-12,15,23H,8-9H2,1-2H3. The predicted molar refractivity (Wildman–Crippen MR) is 92.1 cm³/mol. The number of hydrogen-bond acceptors (Lipinski definition) is 2. The van der Waals surface area contributed by atoms with Crippen LogP contribution >= 0.6 is 0 Å². The highest BCUT2D eigenvalue weighted by Gasteiger charge is 2.27. The zero-order valence-corrected chi connectivity index (χ0v) is 13.5. The van der Waals surface area contributed by atoms with Gasteiger partial charge in [-0.3, -0.25) is 0 Å². The highest BCUT2D eigenvalue weighted by atomic mass is 16.3. The van der Waals surface area contributed by atoms with Gasteiger partial charge in [0, 0.05) is 17.0 Å². The molecule has 1 saturated carbocycles. The summed E-state index contributed by atoms with van der Waals surface area (Å²) in [5.41, 5.74) is 5.68. The average Bonchev–Trinajstić information content (AvgIpc) is 3.33. The molecule has 0 spiro atoms. The Balaban J connectivity index is 1.84.